The van der Waals surface area contributed by atoms with E-state index in [4.69, 9.17) is 4.74 Å². The lowest BCUT2D eigenvalue weighted by molar-refractivity contribution is 0.475. The minimum absolute atomic E-state index is 0.872. The normalized spacial score (nSPS) is 12.3. The predicted octanol–water partition coefficient (Wildman–Crippen LogP) is 5.26. The van der Waals surface area contributed by atoms with Crippen LogP contribution in [0, 0.1) is 0 Å². The van der Waals surface area contributed by atoms with Crippen molar-refractivity contribution in [3.63, 3.8) is 0 Å². The van der Waals surface area contributed by atoms with Crippen molar-refractivity contribution in [2.45, 2.75) is 0 Å². The summed E-state index contributed by atoms with van der Waals surface area (Å²) in [5.41, 5.74) is 2.18. The molecule has 1 aromatic heterocycles. The van der Waals surface area contributed by atoms with Gasteiger partial charge in [0.2, 0.25) is 0 Å². The summed E-state index contributed by atoms with van der Waals surface area (Å²) in [4.78, 5) is 0. The Morgan fingerprint density at radius 1 is 0.944 bits per heavy atom. The van der Waals surface area contributed by atoms with Gasteiger partial charge >= 0.3 is 0 Å². The van der Waals surface area contributed by atoms with Crippen molar-refractivity contribution in [2.24, 2.45) is 0 Å². The summed E-state index contributed by atoms with van der Waals surface area (Å²) in [6, 6.07) is 12.2. The molecule has 3 aromatic rings. The summed E-state index contributed by atoms with van der Waals surface area (Å²) in [5, 5.41) is 1.17. The van der Waals surface area contributed by atoms with Crippen LogP contribution in [0.1, 0.15) is 0 Å². The molecule has 0 fully saturated rings. The standard InChI is InChI=1S/C14H7Br2NO/c15-8-1-3-11-13(7-8)18-12-4-2-10(16)9-5-6-17(11)14(9)12/h1-7H. The van der Waals surface area contributed by atoms with Gasteiger partial charge in [-0.1, -0.05) is 31.9 Å². The van der Waals surface area contributed by atoms with Gasteiger partial charge in [0.25, 0.3) is 0 Å². The second-order valence-electron chi connectivity index (χ2n) is 4.21. The minimum atomic E-state index is 0.872. The molecule has 88 valence electrons. The summed E-state index contributed by atoms with van der Waals surface area (Å²) >= 11 is 7.05. The fraction of sp³-hybridized carbons (Fsp3) is 0. The number of nitrogens with zero attached hydrogens (tertiary/aromatic N) is 1. The van der Waals surface area contributed by atoms with Gasteiger partial charge in [-0.2, -0.15) is 0 Å². The fourth-order valence-corrected chi connectivity index (χ4v) is 3.16. The Bertz CT molecular complexity index is 792. The minimum Gasteiger partial charge on any atom is -0.453 e. The Hall–Kier alpha value is -1.26. The van der Waals surface area contributed by atoms with E-state index in [0.29, 0.717) is 0 Å². The zero-order chi connectivity index (χ0) is 12.3. The summed E-state index contributed by atoms with van der Waals surface area (Å²) in [6.07, 6.45) is 2.08. The first-order valence-corrected chi connectivity index (χ1v) is 7.10. The molecule has 2 nitrogen and oxygen atoms in total. The van der Waals surface area contributed by atoms with E-state index in [-0.39, 0.29) is 0 Å². The number of halogens is 2. The van der Waals surface area contributed by atoms with Gasteiger partial charge in [-0.25, -0.2) is 0 Å². The van der Waals surface area contributed by atoms with Gasteiger partial charge in [-0.3, -0.25) is 0 Å². The topological polar surface area (TPSA) is 14.2 Å². The maximum absolute atomic E-state index is 5.97. The Kier molecular flexibility index (Phi) is 2.14. The van der Waals surface area contributed by atoms with E-state index in [1.807, 2.05) is 24.3 Å². The average Bonchev–Trinajstić information content (AvgIpc) is 2.80. The third-order valence-electron chi connectivity index (χ3n) is 3.16. The molecule has 18 heavy (non-hydrogen) atoms. The molecule has 0 radical (unpaired) electrons. The monoisotopic (exact) mass is 363 g/mol. The molecular formula is C14H7Br2NO. The van der Waals surface area contributed by atoms with Crippen LogP contribution >= 0.6 is 31.9 Å². The molecule has 0 unspecified atom stereocenters. The van der Waals surface area contributed by atoms with Crippen LogP contribution in [0.25, 0.3) is 16.6 Å². The lowest BCUT2D eigenvalue weighted by Gasteiger charge is -2.20. The Morgan fingerprint density at radius 3 is 2.72 bits per heavy atom. The van der Waals surface area contributed by atoms with E-state index in [9.17, 15) is 0 Å². The maximum Gasteiger partial charge on any atom is 0.152 e. The molecule has 0 saturated heterocycles. The molecule has 2 heterocycles. The van der Waals surface area contributed by atoms with Crippen LogP contribution in [0.15, 0.2) is 51.5 Å². The fourth-order valence-electron chi connectivity index (χ4n) is 2.36. The van der Waals surface area contributed by atoms with Gasteiger partial charge in [0.05, 0.1) is 11.2 Å². The SMILES string of the molecule is Brc1ccc2c(c1)Oc1ccc(Br)c3ccn-2c13. The highest BCUT2D eigenvalue weighted by atomic mass is 79.9. The third kappa shape index (κ3) is 1.33. The van der Waals surface area contributed by atoms with E-state index < -0.39 is 0 Å². The lowest BCUT2D eigenvalue weighted by Crippen LogP contribution is -2.03. The van der Waals surface area contributed by atoms with Crippen LogP contribution in [0.2, 0.25) is 0 Å². The lowest BCUT2D eigenvalue weighted by atomic mass is 10.2. The Labute approximate surface area is 120 Å². The Morgan fingerprint density at radius 2 is 1.83 bits per heavy atom. The van der Waals surface area contributed by atoms with E-state index in [1.165, 1.54) is 5.39 Å². The number of rotatable bonds is 0. The second kappa shape index (κ2) is 3.62. The van der Waals surface area contributed by atoms with Gasteiger partial charge in [-0.05, 0) is 36.4 Å². The van der Waals surface area contributed by atoms with Crippen LogP contribution in [-0.4, -0.2) is 4.57 Å². The van der Waals surface area contributed by atoms with Crippen molar-refractivity contribution < 1.29 is 4.74 Å². The molecule has 0 N–H and O–H groups in total. The first-order valence-electron chi connectivity index (χ1n) is 5.51. The van der Waals surface area contributed by atoms with Gasteiger partial charge in [0, 0.05) is 20.5 Å². The van der Waals surface area contributed by atoms with Gasteiger partial charge < -0.3 is 9.30 Å². The van der Waals surface area contributed by atoms with E-state index >= 15 is 0 Å². The van der Waals surface area contributed by atoms with Gasteiger partial charge in [0.15, 0.2) is 11.5 Å². The summed E-state index contributed by atoms with van der Waals surface area (Å²) < 4.78 is 10.2. The van der Waals surface area contributed by atoms with Crippen LogP contribution in [0.3, 0.4) is 0 Å². The molecule has 1 aliphatic rings. The molecule has 0 amide bonds. The number of aromatic nitrogens is 1. The average molecular weight is 365 g/mol. The Balaban J connectivity index is 2.15. The molecule has 0 bridgehead atoms. The number of benzene rings is 2. The van der Waals surface area contributed by atoms with Crippen molar-refractivity contribution in [1.82, 2.24) is 4.57 Å². The number of hydrogen-bond donors (Lipinski definition) is 0. The molecule has 4 rings (SSSR count). The van der Waals surface area contributed by atoms with Gasteiger partial charge in [-0.15, -0.1) is 0 Å². The largest absolute Gasteiger partial charge is 0.453 e. The second-order valence-corrected chi connectivity index (χ2v) is 5.98. The molecule has 0 atom stereocenters. The smallest absolute Gasteiger partial charge is 0.152 e. The molecular weight excluding hydrogens is 358 g/mol. The highest BCUT2D eigenvalue weighted by molar-refractivity contribution is 9.11. The van der Waals surface area contributed by atoms with Crippen LogP contribution < -0.4 is 4.74 Å². The zero-order valence-corrected chi connectivity index (χ0v) is 12.3. The maximum atomic E-state index is 5.97. The van der Waals surface area contributed by atoms with Gasteiger partial charge in [0.1, 0.15) is 0 Å². The van der Waals surface area contributed by atoms with E-state index in [0.717, 1.165) is 31.6 Å². The predicted molar refractivity (Wildman–Crippen MR) is 78.7 cm³/mol. The van der Waals surface area contributed by atoms with Crippen LogP contribution in [-0.2, 0) is 0 Å². The summed E-state index contributed by atoms with van der Waals surface area (Å²) in [5.74, 6) is 1.76. The first kappa shape index (κ1) is 10.6. The van der Waals surface area contributed by atoms with Crippen molar-refractivity contribution in [3.8, 4) is 17.2 Å². The van der Waals surface area contributed by atoms with Crippen LogP contribution in [0.5, 0.6) is 11.5 Å². The summed E-state index contributed by atoms with van der Waals surface area (Å²) in [7, 11) is 0. The van der Waals surface area contributed by atoms with E-state index in [1.54, 1.807) is 0 Å². The highest BCUT2D eigenvalue weighted by Crippen LogP contribution is 2.43. The molecule has 0 saturated carbocycles. The highest BCUT2D eigenvalue weighted by Gasteiger charge is 2.20. The molecule has 4 heteroatoms. The van der Waals surface area contributed by atoms with E-state index in [2.05, 4.69) is 54.8 Å². The number of ether oxygens (including phenoxy) is 1. The van der Waals surface area contributed by atoms with Crippen molar-refractivity contribution >= 4 is 42.8 Å². The summed E-state index contributed by atoms with van der Waals surface area (Å²) in [6.45, 7) is 0. The third-order valence-corrected chi connectivity index (χ3v) is 4.34. The van der Waals surface area contributed by atoms with Crippen molar-refractivity contribution in [3.05, 3.63) is 51.5 Å². The molecule has 2 aromatic carbocycles. The molecule has 1 aliphatic heterocycles. The van der Waals surface area contributed by atoms with Crippen molar-refractivity contribution in [1.29, 1.82) is 0 Å². The zero-order valence-electron chi connectivity index (χ0n) is 9.15. The number of hydrogen-bond acceptors (Lipinski definition) is 1. The van der Waals surface area contributed by atoms with Crippen molar-refractivity contribution in [2.75, 3.05) is 0 Å². The quantitative estimate of drug-likeness (QED) is 0.415. The first-order chi connectivity index (χ1) is 8.74. The molecule has 0 spiro atoms. The number of fused-ring (bicyclic) bond motifs is 2. The molecule has 0 aliphatic carbocycles. The van der Waals surface area contributed by atoms with Crippen LogP contribution in [0.4, 0.5) is 0 Å².